The molecule has 3 heteroatoms. The molecule has 0 radical (unpaired) electrons. The SMILES string of the molecule is CCCNCC1CCC(CN(C)C2CCC(C)(C)CC2)O1. The van der Waals surface area contributed by atoms with Crippen LogP contribution in [0.4, 0.5) is 0 Å². The number of nitrogens with one attached hydrogen (secondary N) is 1. The van der Waals surface area contributed by atoms with Gasteiger partial charge >= 0.3 is 0 Å². The highest BCUT2D eigenvalue weighted by molar-refractivity contribution is 4.85. The van der Waals surface area contributed by atoms with Crippen LogP contribution in [0.15, 0.2) is 0 Å². The lowest BCUT2D eigenvalue weighted by Gasteiger charge is -2.39. The second-order valence-corrected chi connectivity index (χ2v) is 8.00. The third kappa shape index (κ3) is 5.54. The maximum Gasteiger partial charge on any atom is 0.0707 e. The van der Waals surface area contributed by atoms with Crippen molar-refractivity contribution in [1.29, 1.82) is 0 Å². The van der Waals surface area contributed by atoms with Gasteiger partial charge in [-0.3, -0.25) is 0 Å². The van der Waals surface area contributed by atoms with Crippen molar-refractivity contribution in [1.82, 2.24) is 10.2 Å². The summed E-state index contributed by atoms with van der Waals surface area (Å²) in [5.41, 5.74) is 0.567. The normalized spacial score (nSPS) is 30.1. The number of nitrogens with zero attached hydrogens (tertiary/aromatic N) is 1. The fourth-order valence-electron chi connectivity index (χ4n) is 3.80. The van der Waals surface area contributed by atoms with Gasteiger partial charge in [0.2, 0.25) is 0 Å². The lowest BCUT2D eigenvalue weighted by atomic mass is 9.75. The van der Waals surface area contributed by atoms with Crippen molar-refractivity contribution in [2.75, 3.05) is 26.7 Å². The van der Waals surface area contributed by atoms with Gasteiger partial charge in [0, 0.05) is 19.1 Å². The van der Waals surface area contributed by atoms with E-state index in [2.05, 4.69) is 38.0 Å². The zero-order valence-electron chi connectivity index (χ0n) is 14.7. The van der Waals surface area contributed by atoms with E-state index in [9.17, 15) is 0 Å². The van der Waals surface area contributed by atoms with Crippen molar-refractivity contribution in [3.05, 3.63) is 0 Å². The average Bonchev–Trinajstić information content (AvgIpc) is 2.86. The summed E-state index contributed by atoms with van der Waals surface area (Å²) < 4.78 is 6.21. The highest BCUT2D eigenvalue weighted by atomic mass is 16.5. The molecule has 0 spiro atoms. The topological polar surface area (TPSA) is 24.5 Å². The fraction of sp³-hybridized carbons (Fsp3) is 1.00. The molecule has 0 aromatic rings. The molecule has 2 rings (SSSR count). The lowest BCUT2D eigenvalue weighted by molar-refractivity contribution is 0.0129. The van der Waals surface area contributed by atoms with E-state index < -0.39 is 0 Å². The molecule has 1 aliphatic heterocycles. The Bertz CT molecular complexity index is 296. The van der Waals surface area contributed by atoms with E-state index in [0.717, 1.165) is 25.7 Å². The van der Waals surface area contributed by atoms with Crippen LogP contribution in [0.25, 0.3) is 0 Å². The van der Waals surface area contributed by atoms with Gasteiger partial charge in [0.15, 0.2) is 0 Å². The smallest absolute Gasteiger partial charge is 0.0707 e. The van der Waals surface area contributed by atoms with Gasteiger partial charge in [-0.05, 0) is 64.0 Å². The zero-order chi connectivity index (χ0) is 15.3. The van der Waals surface area contributed by atoms with E-state index >= 15 is 0 Å². The number of hydrogen-bond acceptors (Lipinski definition) is 3. The first-order chi connectivity index (χ1) is 10.00. The molecule has 2 fully saturated rings. The van der Waals surface area contributed by atoms with Gasteiger partial charge in [0.05, 0.1) is 12.2 Å². The molecule has 0 aromatic heterocycles. The van der Waals surface area contributed by atoms with Crippen molar-refractivity contribution in [3.8, 4) is 0 Å². The third-order valence-corrected chi connectivity index (χ3v) is 5.42. The minimum absolute atomic E-state index is 0.445. The molecule has 21 heavy (non-hydrogen) atoms. The van der Waals surface area contributed by atoms with Crippen LogP contribution in [0, 0.1) is 5.41 Å². The number of likely N-dealkylation sites (N-methyl/N-ethyl adjacent to an activating group) is 1. The second kappa shape index (κ2) is 7.94. The zero-order valence-corrected chi connectivity index (χ0v) is 14.7. The van der Waals surface area contributed by atoms with Crippen molar-refractivity contribution in [2.45, 2.75) is 84.0 Å². The van der Waals surface area contributed by atoms with Crippen molar-refractivity contribution >= 4 is 0 Å². The molecule has 2 unspecified atom stereocenters. The van der Waals surface area contributed by atoms with Gasteiger partial charge in [-0.25, -0.2) is 0 Å². The molecule has 1 saturated carbocycles. The quantitative estimate of drug-likeness (QED) is 0.728. The van der Waals surface area contributed by atoms with E-state index in [1.54, 1.807) is 0 Å². The van der Waals surface area contributed by atoms with Crippen molar-refractivity contribution in [3.63, 3.8) is 0 Å². The maximum atomic E-state index is 6.21. The summed E-state index contributed by atoms with van der Waals surface area (Å²) in [4.78, 5) is 2.57. The van der Waals surface area contributed by atoms with Gasteiger partial charge in [0.1, 0.15) is 0 Å². The molecule has 0 bridgehead atoms. The van der Waals surface area contributed by atoms with Crippen LogP contribution in [0.1, 0.15) is 65.7 Å². The van der Waals surface area contributed by atoms with E-state index in [4.69, 9.17) is 4.74 Å². The Morgan fingerprint density at radius 1 is 1.10 bits per heavy atom. The maximum absolute atomic E-state index is 6.21. The van der Waals surface area contributed by atoms with Gasteiger partial charge < -0.3 is 15.0 Å². The molecule has 0 amide bonds. The van der Waals surface area contributed by atoms with Crippen LogP contribution in [-0.2, 0) is 4.74 Å². The van der Waals surface area contributed by atoms with E-state index in [1.165, 1.54) is 44.9 Å². The Labute approximate surface area is 131 Å². The summed E-state index contributed by atoms with van der Waals surface area (Å²) in [5, 5.41) is 3.48. The summed E-state index contributed by atoms with van der Waals surface area (Å²) in [6.45, 7) is 10.3. The molecular formula is C18H36N2O. The molecule has 3 nitrogen and oxygen atoms in total. The van der Waals surface area contributed by atoms with Gasteiger partial charge in [-0.1, -0.05) is 20.8 Å². The molecule has 2 atom stereocenters. The first kappa shape index (κ1) is 17.2. The first-order valence-electron chi connectivity index (χ1n) is 9.06. The largest absolute Gasteiger partial charge is 0.372 e. The van der Waals surface area contributed by atoms with Gasteiger partial charge in [0.25, 0.3) is 0 Å². The number of hydrogen-bond donors (Lipinski definition) is 1. The van der Waals surface area contributed by atoms with Crippen LogP contribution < -0.4 is 5.32 Å². The monoisotopic (exact) mass is 296 g/mol. The summed E-state index contributed by atoms with van der Waals surface area (Å²) in [6.07, 6.45) is 10.0. The van der Waals surface area contributed by atoms with Crippen LogP contribution in [0.2, 0.25) is 0 Å². The molecule has 1 saturated heterocycles. The summed E-state index contributed by atoms with van der Waals surface area (Å²) in [6, 6.07) is 0.777. The predicted molar refractivity (Wildman–Crippen MR) is 89.7 cm³/mol. The van der Waals surface area contributed by atoms with Crippen LogP contribution >= 0.6 is 0 Å². The van der Waals surface area contributed by atoms with Gasteiger partial charge in [-0.2, -0.15) is 0 Å². The minimum atomic E-state index is 0.445. The fourth-order valence-corrected chi connectivity index (χ4v) is 3.80. The third-order valence-electron chi connectivity index (χ3n) is 5.42. The van der Waals surface area contributed by atoms with Crippen molar-refractivity contribution in [2.24, 2.45) is 5.41 Å². The molecule has 0 aromatic carbocycles. The standard InChI is InChI=1S/C18H36N2O/c1-5-12-19-13-16-6-7-17(21-16)14-20(4)15-8-10-18(2,3)11-9-15/h15-17,19H,5-14H2,1-4H3. The van der Waals surface area contributed by atoms with E-state index in [1.807, 2.05) is 0 Å². The Morgan fingerprint density at radius 2 is 1.76 bits per heavy atom. The predicted octanol–water partition coefficient (Wildman–Crippen LogP) is 3.43. The number of ether oxygens (including phenoxy) is 1. The van der Waals surface area contributed by atoms with E-state index in [0.29, 0.717) is 17.6 Å². The molecule has 124 valence electrons. The Balaban J connectivity index is 1.66. The number of rotatable bonds is 7. The second-order valence-electron chi connectivity index (χ2n) is 8.00. The summed E-state index contributed by atoms with van der Waals surface area (Å²) in [5.74, 6) is 0. The molecule has 2 aliphatic rings. The Kier molecular flexibility index (Phi) is 6.51. The average molecular weight is 296 g/mol. The first-order valence-corrected chi connectivity index (χ1v) is 9.06. The van der Waals surface area contributed by atoms with Crippen LogP contribution in [0.5, 0.6) is 0 Å². The summed E-state index contributed by atoms with van der Waals surface area (Å²) >= 11 is 0. The highest BCUT2D eigenvalue weighted by Crippen LogP contribution is 2.36. The summed E-state index contributed by atoms with van der Waals surface area (Å²) in [7, 11) is 2.30. The van der Waals surface area contributed by atoms with E-state index in [-0.39, 0.29) is 0 Å². The highest BCUT2D eigenvalue weighted by Gasteiger charge is 2.31. The molecule has 1 heterocycles. The lowest BCUT2D eigenvalue weighted by Crippen LogP contribution is -2.41. The van der Waals surface area contributed by atoms with Crippen LogP contribution in [-0.4, -0.2) is 49.8 Å². The van der Waals surface area contributed by atoms with Crippen LogP contribution in [0.3, 0.4) is 0 Å². The Morgan fingerprint density at radius 3 is 2.43 bits per heavy atom. The molecular weight excluding hydrogens is 260 g/mol. The Hall–Kier alpha value is -0.120. The minimum Gasteiger partial charge on any atom is -0.372 e. The van der Waals surface area contributed by atoms with Crippen molar-refractivity contribution < 1.29 is 4.74 Å². The van der Waals surface area contributed by atoms with Gasteiger partial charge in [-0.15, -0.1) is 0 Å². The molecule has 1 N–H and O–H groups in total. The molecule has 1 aliphatic carbocycles.